The quantitative estimate of drug-likeness (QED) is 0.733. The first kappa shape index (κ1) is 19.7. The molecule has 2 aliphatic carbocycles. The molecule has 3 heterocycles. The molecular weight excluding hydrogens is 376 g/mol. The molecule has 0 radical (unpaired) electrons. The number of hydrogen-bond donors (Lipinski definition) is 0. The van der Waals surface area contributed by atoms with Crippen LogP contribution in [0.2, 0.25) is 0 Å². The van der Waals surface area contributed by atoms with E-state index in [0.717, 1.165) is 54.5 Å². The Kier molecular flexibility index (Phi) is 5.11. The summed E-state index contributed by atoms with van der Waals surface area (Å²) in [5.41, 5.74) is 2.80. The molecule has 5 rings (SSSR count). The van der Waals surface area contributed by atoms with Gasteiger partial charge in [0, 0.05) is 37.2 Å². The van der Waals surface area contributed by atoms with Crippen molar-refractivity contribution in [2.24, 2.45) is 17.8 Å². The summed E-state index contributed by atoms with van der Waals surface area (Å²) in [7, 11) is 0. The Morgan fingerprint density at radius 1 is 1.13 bits per heavy atom. The Labute approximate surface area is 178 Å². The minimum Gasteiger partial charge on any atom is -0.356 e. The smallest absolute Gasteiger partial charge is 0.226 e. The molecule has 0 spiro atoms. The number of piperidine rings is 1. The van der Waals surface area contributed by atoms with E-state index in [0.29, 0.717) is 29.6 Å². The first-order chi connectivity index (χ1) is 14.5. The van der Waals surface area contributed by atoms with E-state index in [9.17, 15) is 4.79 Å². The van der Waals surface area contributed by atoms with Crippen LogP contribution in [0.1, 0.15) is 81.4 Å². The van der Waals surface area contributed by atoms with Crippen LogP contribution >= 0.6 is 0 Å². The second-order valence-electron chi connectivity index (χ2n) is 9.75. The Balaban J connectivity index is 1.27. The number of carbonyl (C=O) groups excluding carboxylic acids is 1. The summed E-state index contributed by atoms with van der Waals surface area (Å²) in [5.74, 6) is 4.36. The zero-order chi connectivity index (χ0) is 20.8. The van der Waals surface area contributed by atoms with Crippen molar-refractivity contribution in [2.75, 3.05) is 13.1 Å². The second-order valence-corrected chi connectivity index (χ2v) is 9.75. The van der Waals surface area contributed by atoms with E-state index in [-0.39, 0.29) is 5.92 Å². The van der Waals surface area contributed by atoms with Crippen molar-refractivity contribution in [3.05, 3.63) is 29.5 Å². The Bertz CT molecular complexity index is 917. The predicted octanol–water partition coefficient (Wildman–Crippen LogP) is 4.71. The fraction of sp³-hybridized carbons (Fsp3) is 0.667. The number of hydrogen-bond acceptors (Lipinski definition) is 5. The summed E-state index contributed by atoms with van der Waals surface area (Å²) in [5, 5.41) is 4.01. The molecule has 0 bridgehead atoms. The van der Waals surface area contributed by atoms with Crippen LogP contribution < -0.4 is 0 Å². The van der Waals surface area contributed by atoms with Crippen molar-refractivity contribution in [1.82, 2.24) is 20.0 Å². The van der Waals surface area contributed by atoms with Gasteiger partial charge in [0.2, 0.25) is 5.91 Å². The van der Waals surface area contributed by atoms with Gasteiger partial charge >= 0.3 is 0 Å². The van der Waals surface area contributed by atoms with Crippen LogP contribution in [-0.4, -0.2) is 39.0 Å². The van der Waals surface area contributed by atoms with Crippen LogP contribution in [0, 0.1) is 24.7 Å². The van der Waals surface area contributed by atoms with Crippen LogP contribution in [0.3, 0.4) is 0 Å². The largest absolute Gasteiger partial charge is 0.356 e. The molecule has 3 fully saturated rings. The van der Waals surface area contributed by atoms with Gasteiger partial charge in [-0.2, -0.15) is 0 Å². The van der Waals surface area contributed by atoms with E-state index < -0.39 is 0 Å². The molecule has 2 aromatic rings. The molecule has 1 aliphatic heterocycles. The Morgan fingerprint density at radius 2 is 1.83 bits per heavy atom. The third-order valence-electron chi connectivity index (χ3n) is 7.39. The highest BCUT2D eigenvalue weighted by molar-refractivity contribution is 5.82. The topological polar surface area (TPSA) is 72.1 Å². The van der Waals surface area contributed by atoms with E-state index in [4.69, 9.17) is 14.5 Å². The molecule has 6 heteroatoms. The van der Waals surface area contributed by atoms with Crippen LogP contribution in [-0.2, 0) is 4.79 Å². The highest BCUT2D eigenvalue weighted by Crippen LogP contribution is 2.56. The number of aryl methyl sites for hydroxylation is 1. The third kappa shape index (κ3) is 3.54. The molecule has 0 N–H and O–H groups in total. The number of nitrogens with zero attached hydrogens (tertiary/aromatic N) is 4. The lowest BCUT2D eigenvalue weighted by molar-refractivity contribution is -0.134. The number of rotatable bonds is 4. The molecule has 30 heavy (non-hydrogen) atoms. The fourth-order valence-corrected chi connectivity index (χ4v) is 5.65. The summed E-state index contributed by atoms with van der Waals surface area (Å²) in [4.78, 5) is 24.8. The maximum atomic E-state index is 13.0. The summed E-state index contributed by atoms with van der Waals surface area (Å²) >= 11 is 0. The molecule has 0 unspecified atom stereocenters. The molecule has 3 aliphatic rings. The number of likely N-dealkylation sites (tertiary alicyclic amines) is 1. The second kappa shape index (κ2) is 7.78. The monoisotopic (exact) mass is 408 g/mol. The van der Waals surface area contributed by atoms with Gasteiger partial charge in [-0.15, -0.1) is 0 Å². The van der Waals surface area contributed by atoms with Crippen molar-refractivity contribution < 1.29 is 9.32 Å². The maximum Gasteiger partial charge on any atom is 0.226 e. The van der Waals surface area contributed by atoms with Crippen LogP contribution in [0.25, 0.3) is 11.3 Å². The van der Waals surface area contributed by atoms with Gasteiger partial charge in [-0.25, -0.2) is 9.97 Å². The summed E-state index contributed by atoms with van der Waals surface area (Å²) in [6, 6.07) is 1.93. The summed E-state index contributed by atoms with van der Waals surface area (Å²) in [6.45, 7) is 7.89. The minimum absolute atomic E-state index is 0.270. The van der Waals surface area contributed by atoms with Gasteiger partial charge in [0.25, 0.3) is 0 Å². The van der Waals surface area contributed by atoms with Crippen molar-refractivity contribution in [2.45, 2.75) is 71.1 Å². The lowest BCUT2D eigenvalue weighted by Crippen LogP contribution is -2.39. The average molecular weight is 409 g/mol. The normalized spacial score (nSPS) is 26.7. The molecule has 160 valence electrons. The lowest BCUT2D eigenvalue weighted by atomic mass is 9.94. The Hall–Kier alpha value is -2.24. The van der Waals surface area contributed by atoms with Crippen LogP contribution in [0.5, 0.6) is 0 Å². The summed E-state index contributed by atoms with van der Waals surface area (Å²) in [6.07, 6.45) is 8.95. The maximum absolute atomic E-state index is 13.0. The zero-order valence-corrected chi connectivity index (χ0v) is 18.3. The number of amides is 1. The fourth-order valence-electron chi connectivity index (χ4n) is 5.65. The zero-order valence-electron chi connectivity index (χ0n) is 18.3. The van der Waals surface area contributed by atoms with Crippen molar-refractivity contribution in [3.63, 3.8) is 0 Å². The Morgan fingerprint density at radius 3 is 2.43 bits per heavy atom. The number of fused-ring (bicyclic) bond motifs is 1. The van der Waals surface area contributed by atoms with Crippen LogP contribution in [0.15, 0.2) is 16.8 Å². The first-order valence-electron chi connectivity index (χ1n) is 11.6. The molecule has 2 atom stereocenters. The first-order valence-corrected chi connectivity index (χ1v) is 11.6. The molecule has 0 aromatic carbocycles. The van der Waals surface area contributed by atoms with Crippen LogP contribution in [0.4, 0.5) is 0 Å². The van der Waals surface area contributed by atoms with E-state index >= 15 is 0 Å². The van der Waals surface area contributed by atoms with Gasteiger partial charge in [0.05, 0.1) is 17.0 Å². The average Bonchev–Trinajstić information content (AvgIpc) is 3.35. The van der Waals surface area contributed by atoms with Gasteiger partial charge in [0.15, 0.2) is 5.76 Å². The molecule has 2 saturated carbocycles. The van der Waals surface area contributed by atoms with Gasteiger partial charge < -0.3 is 9.42 Å². The lowest BCUT2D eigenvalue weighted by Gasteiger charge is -2.32. The number of aromatic nitrogens is 3. The molecule has 2 aromatic heterocycles. The van der Waals surface area contributed by atoms with E-state index in [2.05, 4.69) is 23.9 Å². The molecule has 1 saturated heterocycles. The molecular formula is C24H32N4O2. The van der Waals surface area contributed by atoms with Crippen molar-refractivity contribution in [3.8, 4) is 11.3 Å². The molecule has 6 nitrogen and oxygen atoms in total. The number of carbonyl (C=O) groups is 1. The highest BCUT2D eigenvalue weighted by Gasteiger charge is 2.55. The highest BCUT2D eigenvalue weighted by atomic mass is 16.5. The van der Waals surface area contributed by atoms with E-state index in [1.165, 1.54) is 25.7 Å². The minimum atomic E-state index is 0.270. The summed E-state index contributed by atoms with van der Waals surface area (Å²) < 4.78 is 5.46. The van der Waals surface area contributed by atoms with Gasteiger partial charge in [-0.3, -0.25) is 4.79 Å². The van der Waals surface area contributed by atoms with Gasteiger partial charge in [0.1, 0.15) is 5.82 Å². The SMILES string of the molecule is Cc1cc(-c2cnc(C3CCN(C(=O)C4[C@H]5CCCC[C@H]45)CC3)nc2C(C)C)on1. The van der Waals surface area contributed by atoms with E-state index in [1.807, 2.05) is 19.2 Å². The predicted molar refractivity (Wildman–Crippen MR) is 114 cm³/mol. The van der Waals surface area contributed by atoms with Gasteiger partial charge in [-0.1, -0.05) is 31.8 Å². The van der Waals surface area contributed by atoms with Crippen molar-refractivity contribution >= 4 is 5.91 Å². The standard InChI is InChI=1S/C24H32N4O2/c1-14(2)22-19(20-12-15(3)27-30-20)13-25-23(26-22)16-8-10-28(11-9-16)24(29)21-17-6-4-5-7-18(17)21/h12-14,16-18,21H,4-11H2,1-3H3/t17-,18-/m0/s1. The van der Waals surface area contributed by atoms with Crippen molar-refractivity contribution in [1.29, 1.82) is 0 Å². The van der Waals surface area contributed by atoms with E-state index in [1.54, 1.807) is 0 Å². The third-order valence-corrected chi connectivity index (χ3v) is 7.39. The molecule has 1 amide bonds. The van der Waals surface area contributed by atoms with Gasteiger partial charge in [-0.05, 0) is 50.4 Å².